The maximum atomic E-state index is 12.0. The van der Waals surface area contributed by atoms with Gasteiger partial charge in [-0.15, -0.1) is 0 Å². The van der Waals surface area contributed by atoms with Crippen LogP contribution in [0, 0.1) is 0 Å². The lowest BCUT2D eigenvalue weighted by atomic mass is 10.2. The maximum absolute atomic E-state index is 12.0. The van der Waals surface area contributed by atoms with Gasteiger partial charge in [0.15, 0.2) is 11.7 Å². The summed E-state index contributed by atoms with van der Waals surface area (Å²) < 4.78 is 6.71. The molecule has 0 spiro atoms. The quantitative estimate of drug-likeness (QED) is 0.523. The molecule has 7 heteroatoms. The predicted molar refractivity (Wildman–Crippen MR) is 106 cm³/mol. The molecule has 1 aromatic heterocycles. The van der Waals surface area contributed by atoms with Crippen molar-refractivity contribution >= 4 is 45.0 Å². The summed E-state index contributed by atoms with van der Waals surface area (Å²) >= 11 is 15.4. The van der Waals surface area contributed by atoms with Gasteiger partial charge in [-0.25, -0.2) is 4.98 Å². The zero-order chi connectivity index (χ0) is 18.5. The smallest absolute Gasteiger partial charge is 0.220 e. The highest BCUT2D eigenvalue weighted by atomic mass is 79.9. The van der Waals surface area contributed by atoms with Gasteiger partial charge in [0.05, 0.1) is 6.20 Å². The Kier molecular flexibility index (Phi) is 6.35. The van der Waals surface area contributed by atoms with E-state index in [0.717, 1.165) is 15.6 Å². The topological polar surface area (TPSA) is 55.1 Å². The van der Waals surface area contributed by atoms with Crippen molar-refractivity contribution in [3.63, 3.8) is 0 Å². The van der Waals surface area contributed by atoms with E-state index < -0.39 is 0 Å². The number of nitrogens with one attached hydrogen (secondary N) is 1. The van der Waals surface area contributed by atoms with E-state index in [2.05, 4.69) is 26.2 Å². The minimum Gasteiger partial charge on any atom is -0.441 e. The standard InChI is InChI=1S/C19H15BrCl2N2O2/c20-14-4-1-12(2-5-14)17-11-24-19(26-17)8-7-18(25)23-10-13-3-6-15(21)9-16(13)22/h1-6,9,11H,7-8,10H2,(H,23,25). The largest absolute Gasteiger partial charge is 0.441 e. The average molecular weight is 454 g/mol. The number of nitrogens with zero attached hydrogens (tertiary/aromatic N) is 1. The summed E-state index contributed by atoms with van der Waals surface area (Å²) in [6.45, 7) is 0.352. The predicted octanol–water partition coefficient (Wildman–Crippen LogP) is 5.66. The van der Waals surface area contributed by atoms with E-state index in [9.17, 15) is 4.79 Å². The molecule has 0 radical (unpaired) electrons. The van der Waals surface area contributed by atoms with E-state index in [0.29, 0.717) is 34.7 Å². The van der Waals surface area contributed by atoms with E-state index >= 15 is 0 Å². The molecule has 0 atom stereocenters. The Hall–Kier alpha value is -1.82. The molecule has 4 nitrogen and oxygen atoms in total. The second-order valence-electron chi connectivity index (χ2n) is 5.64. The van der Waals surface area contributed by atoms with Gasteiger partial charge in [0.25, 0.3) is 0 Å². The Morgan fingerprint density at radius 1 is 1.15 bits per heavy atom. The minimum absolute atomic E-state index is 0.0978. The van der Waals surface area contributed by atoms with Crippen LogP contribution < -0.4 is 5.32 Å². The fourth-order valence-corrected chi connectivity index (χ4v) is 3.08. The van der Waals surface area contributed by atoms with Crippen LogP contribution in [0.5, 0.6) is 0 Å². The lowest BCUT2D eigenvalue weighted by Crippen LogP contribution is -2.23. The molecule has 134 valence electrons. The van der Waals surface area contributed by atoms with E-state index in [1.165, 1.54) is 0 Å². The van der Waals surface area contributed by atoms with Crippen LogP contribution in [-0.2, 0) is 17.8 Å². The average Bonchev–Trinajstić information content (AvgIpc) is 3.09. The van der Waals surface area contributed by atoms with Gasteiger partial charge in [-0.1, -0.05) is 57.3 Å². The number of rotatable bonds is 6. The number of benzene rings is 2. The van der Waals surface area contributed by atoms with Gasteiger partial charge in [-0.2, -0.15) is 0 Å². The molecule has 0 saturated carbocycles. The van der Waals surface area contributed by atoms with Gasteiger partial charge in [-0.05, 0) is 29.8 Å². The van der Waals surface area contributed by atoms with Gasteiger partial charge in [0.2, 0.25) is 5.91 Å². The first-order valence-electron chi connectivity index (χ1n) is 7.92. The highest BCUT2D eigenvalue weighted by Gasteiger charge is 2.10. The van der Waals surface area contributed by atoms with Crippen LogP contribution in [-0.4, -0.2) is 10.9 Å². The lowest BCUT2D eigenvalue weighted by Gasteiger charge is -2.06. The molecular weight excluding hydrogens is 439 g/mol. The molecule has 1 N–H and O–H groups in total. The van der Waals surface area contributed by atoms with Gasteiger partial charge < -0.3 is 9.73 Å². The first-order valence-corrected chi connectivity index (χ1v) is 9.47. The summed E-state index contributed by atoms with van der Waals surface area (Å²) in [5.41, 5.74) is 1.76. The van der Waals surface area contributed by atoms with Crippen molar-refractivity contribution in [2.45, 2.75) is 19.4 Å². The molecule has 1 heterocycles. The Balaban J connectivity index is 1.51. The molecule has 26 heavy (non-hydrogen) atoms. The van der Waals surface area contributed by atoms with Crippen LogP contribution in [0.4, 0.5) is 0 Å². The number of carbonyl (C=O) groups excluding carboxylic acids is 1. The third-order valence-corrected chi connectivity index (χ3v) is 4.85. The van der Waals surface area contributed by atoms with Crippen LogP contribution in [0.3, 0.4) is 0 Å². The Bertz CT molecular complexity index is 910. The summed E-state index contributed by atoms with van der Waals surface area (Å²) in [6, 6.07) is 12.9. The van der Waals surface area contributed by atoms with Crippen molar-refractivity contribution in [2.75, 3.05) is 0 Å². The van der Waals surface area contributed by atoms with Crippen molar-refractivity contribution in [3.8, 4) is 11.3 Å². The molecule has 2 aromatic carbocycles. The van der Waals surface area contributed by atoms with E-state index in [-0.39, 0.29) is 12.3 Å². The van der Waals surface area contributed by atoms with Crippen LogP contribution in [0.15, 0.2) is 57.6 Å². The minimum atomic E-state index is -0.0978. The SMILES string of the molecule is O=C(CCc1ncc(-c2ccc(Br)cc2)o1)NCc1ccc(Cl)cc1Cl. The van der Waals surface area contributed by atoms with Crippen LogP contribution in [0.25, 0.3) is 11.3 Å². The number of carbonyl (C=O) groups is 1. The highest BCUT2D eigenvalue weighted by Crippen LogP contribution is 2.23. The molecule has 0 aliphatic rings. The molecule has 0 saturated heterocycles. The third-order valence-electron chi connectivity index (χ3n) is 3.74. The zero-order valence-corrected chi connectivity index (χ0v) is 16.7. The molecular formula is C19H15BrCl2N2O2. The lowest BCUT2D eigenvalue weighted by molar-refractivity contribution is -0.121. The number of hydrogen-bond donors (Lipinski definition) is 1. The summed E-state index contributed by atoms with van der Waals surface area (Å²) in [7, 11) is 0. The van der Waals surface area contributed by atoms with Gasteiger partial charge >= 0.3 is 0 Å². The first kappa shape index (κ1) is 19.0. The highest BCUT2D eigenvalue weighted by molar-refractivity contribution is 9.10. The van der Waals surface area contributed by atoms with Crippen molar-refractivity contribution in [1.29, 1.82) is 0 Å². The molecule has 3 aromatic rings. The number of oxazole rings is 1. The van der Waals surface area contributed by atoms with Crippen LogP contribution in [0.1, 0.15) is 17.9 Å². The number of aromatic nitrogens is 1. The Morgan fingerprint density at radius 3 is 2.65 bits per heavy atom. The molecule has 0 aliphatic heterocycles. The molecule has 0 fully saturated rings. The number of halogens is 3. The summed E-state index contributed by atoms with van der Waals surface area (Å²) in [6.07, 6.45) is 2.38. The van der Waals surface area contributed by atoms with Gasteiger partial charge in [-0.3, -0.25) is 4.79 Å². The van der Waals surface area contributed by atoms with Gasteiger partial charge in [0, 0.05) is 39.5 Å². The fourth-order valence-electron chi connectivity index (χ4n) is 2.34. The van der Waals surface area contributed by atoms with Crippen molar-refractivity contribution in [3.05, 3.63) is 74.6 Å². The van der Waals surface area contributed by atoms with Gasteiger partial charge in [0.1, 0.15) is 0 Å². The second-order valence-corrected chi connectivity index (χ2v) is 7.40. The monoisotopic (exact) mass is 452 g/mol. The molecule has 0 bridgehead atoms. The fraction of sp³-hybridized carbons (Fsp3) is 0.158. The zero-order valence-electron chi connectivity index (χ0n) is 13.6. The number of amides is 1. The summed E-state index contributed by atoms with van der Waals surface area (Å²) in [4.78, 5) is 16.3. The van der Waals surface area contributed by atoms with E-state index in [1.54, 1.807) is 24.4 Å². The Labute approximate surface area is 169 Å². The normalized spacial score (nSPS) is 10.7. The Morgan fingerprint density at radius 2 is 1.92 bits per heavy atom. The number of hydrogen-bond acceptors (Lipinski definition) is 3. The third kappa shape index (κ3) is 5.10. The molecule has 0 aliphatic carbocycles. The second kappa shape index (κ2) is 8.71. The van der Waals surface area contributed by atoms with Crippen LogP contribution in [0.2, 0.25) is 10.0 Å². The molecule has 0 unspecified atom stereocenters. The van der Waals surface area contributed by atoms with E-state index in [1.807, 2.05) is 24.3 Å². The van der Waals surface area contributed by atoms with Crippen LogP contribution >= 0.6 is 39.1 Å². The maximum Gasteiger partial charge on any atom is 0.220 e. The van der Waals surface area contributed by atoms with Crippen molar-refractivity contribution < 1.29 is 9.21 Å². The summed E-state index contributed by atoms with van der Waals surface area (Å²) in [5.74, 6) is 1.11. The van der Waals surface area contributed by atoms with E-state index in [4.69, 9.17) is 27.6 Å². The first-order chi connectivity index (χ1) is 12.5. The number of aryl methyl sites for hydroxylation is 1. The van der Waals surface area contributed by atoms with Crippen molar-refractivity contribution in [1.82, 2.24) is 10.3 Å². The summed E-state index contributed by atoms with van der Waals surface area (Å²) in [5, 5.41) is 3.93. The molecule has 1 amide bonds. The van der Waals surface area contributed by atoms with Crippen molar-refractivity contribution in [2.24, 2.45) is 0 Å². The molecule has 3 rings (SSSR count).